The molecule has 5 nitrogen and oxygen atoms in total. The monoisotopic (exact) mass is 412 g/mol. The molecule has 2 aromatic rings. The molecule has 21 heavy (non-hydrogen) atoms. The van der Waals surface area contributed by atoms with Gasteiger partial charge in [-0.2, -0.15) is 0 Å². The van der Waals surface area contributed by atoms with E-state index in [-0.39, 0.29) is 5.91 Å². The van der Waals surface area contributed by atoms with Crippen LogP contribution in [0.3, 0.4) is 0 Å². The van der Waals surface area contributed by atoms with Crippen molar-refractivity contribution in [2.75, 3.05) is 5.32 Å². The molecule has 1 aromatic heterocycles. The number of amides is 1. The highest BCUT2D eigenvalue weighted by Gasteiger charge is 2.16. The van der Waals surface area contributed by atoms with E-state index in [0.717, 1.165) is 12.0 Å². The lowest BCUT2D eigenvalue weighted by molar-refractivity contribution is -0.117. The fourth-order valence-electron chi connectivity index (χ4n) is 1.74. The molecule has 0 saturated heterocycles. The van der Waals surface area contributed by atoms with E-state index in [1.807, 2.05) is 30.3 Å². The topological polar surface area (TPSA) is 80.9 Å². The fraction of sp³-hybridized carbons (Fsp3) is 0.214. The number of nitrogens with two attached hydrogens (primary N) is 1. The van der Waals surface area contributed by atoms with Crippen LogP contribution in [0.25, 0.3) is 0 Å². The van der Waals surface area contributed by atoms with Gasteiger partial charge in [-0.05, 0) is 50.3 Å². The lowest BCUT2D eigenvalue weighted by Crippen LogP contribution is -2.36. The van der Waals surface area contributed by atoms with E-state index >= 15 is 0 Å². The molecule has 0 aliphatic carbocycles. The van der Waals surface area contributed by atoms with Gasteiger partial charge in [-0.25, -0.2) is 9.97 Å². The van der Waals surface area contributed by atoms with Gasteiger partial charge in [0.1, 0.15) is 9.21 Å². The van der Waals surface area contributed by atoms with E-state index in [9.17, 15) is 4.79 Å². The maximum Gasteiger partial charge on any atom is 0.242 e. The molecule has 1 aromatic carbocycles. The van der Waals surface area contributed by atoms with E-state index in [1.54, 1.807) is 0 Å². The Kier molecular flexibility index (Phi) is 5.84. The second kappa shape index (κ2) is 7.63. The van der Waals surface area contributed by atoms with Gasteiger partial charge in [-0.15, -0.1) is 0 Å². The highest BCUT2D eigenvalue weighted by Crippen LogP contribution is 2.19. The lowest BCUT2D eigenvalue weighted by Gasteiger charge is -2.12. The van der Waals surface area contributed by atoms with Gasteiger partial charge in [0.2, 0.25) is 5.91 Å². The second-order valence-electron chi connectivity index (χ2n) is 4.45. The average Bonchev–Trinajstić information content (AvgIpc) is 2.48. The Bertz CT molecular complexity index is 622. The predicted octanol–water partition coefficient (Wildman–Crippen LogP) is 2.90. The third-order valence-corrected chi connectivity index (χ3v) is 3.80. The second-order valence-corrected chi connectivity index (χ2v) is 6.02. The maximum absolute atomic E-state index is 12.0. The van der Waals surface area contributed by atoms with Crippen LogP contribution in [0.15, 0.2) is 45.7 Å². The van der Waals surface area contributed by atoms with Crippen molar-refractivity contribution in [3.63, 3.8) is 0 Å². The molecule has 0 radical (unpaired) electrons. The largest absolute Gasteiger partial charge is 0.320 e. The summed E-state index contributed by atoms with van der Waals surface area (Å²) in [6, 6.07) is 9.33. The molecular weight excluding hydrogens is 400 g/mol. The lowest BCUT2D eigenvalue weighted by atomic mass is 10.1. The number of benzene rings is 1. The number of halogens is 2. The van der Waals surface area contributed by atoms with Crippen LogP contribution in [0.1, 0.15) is 12.0 Å². The fourth-order valence-corrected chi connectivity index (χ4v) is 2.65. The predicted molar refractivity (Wildman–Crippen MR) is 88.8 cm³/mol. The van der Waals surface area contributed by atoms with E-state index in [4.69, 9.17) is 5.73 Å². The zero-order valence-corrected chi connectivity index (χ0v) is 14.3. The van der Waals surface area contributed by atoms with Crippen LogP contribution < -0.4 is 11.1 Å². The molecule has 1 atom stereocenters. The molecule has 0 fully saturated rings. The van der Waals surface area contributed by atoms with Gasteiger partial charge < -0.3 is 11.1 Å². The van der Waals surface area contributed by atoms with Crippen LogP contribution >= 0.6 is 31.9 Å². The summed E-state index contributed by atoms with van der Waals surface area (Å²) < 4.78 is 1.04. The first-order chi connectivity index (χ1) is 10.1. The SMILES string of the molecule is N[C@@H](CCc1ccccc1)C(=O)Nc1ncc(Br)nc1Br. The molecule has 3 N–H and O–H groups in total. The number of rotatable bonds is 5. The molecule has 2 rings (SSSR count). The Morgan fingerprint density at radius 3 is 2.67 bits per heavy atom. The highest BCUT2D eigenvalue weighted by atomic mass is 79.9. The third kappa shape index (κ3) is 4.87. The third-order valence-electron chi connectivity index (χ3n) is 2.87. The number of nitrogens with zero attached hydrogens (tertiary/aromatic N) is 2. The normalized spacial score (nSPS) is 12.0. The van der Waals surface area contributed by atoms with Crippen LogP contribution in [-0.4, -0.2) is 21.9 Å². The van der Waals surface area contributed by atoms with Crippen molar-refractivity contribution in [1.82, 2.24) is 9.97 Å². The number of hydrogen-bond donors (Lipinski definition) is 2. The van der Waals surface area contributed by atoms with Gasteiger partial charge in [-0.1, -0.05) is 30.3 Å². The summed E-state index contributed by atoms with van der Waals surface area (Å²) in [5.74, 6) is 0.0848. The summed E-state index contributed by atoms with van der Waals surface area (Å²) in [7, 11) is 0. The van der Waals surface area contributed by atoms with Crippen LogP contribution in [0.2, 0.25) is 0 Å². The van der Waals surface area contributed by atoms with Crippen molar-refractivity contribution in [2.24, 2.45) is 5.73 Å². The van der Waals surface area contributed by atoms with Gasteiger partial charge in [0.15, 0.2) is 5.82 Å². The van der Waals surface area contributed by atoms with Gasteiger partial charge >= 0.3 is 0 Å². The molecule has 1 heterocycles. The number of nitrogens with one attached hydrogen (secondary N) is 1. The molecule has 1 amide bonds. The van der Waals surface area contributed by atoms with E-state index in [1.165, 1.54) is 6.20 Å². The minimum absolute atomic E-state index is 0.275. The summed E-state index contributed by atoms with van der Waals surface area (Å²) in [5.41, 5.74) is 7.07. The molecular formula is C14H14Br2N4O. The number of carbonyl (C=O) groups excluding carboxylic acids is 1. The van der Waals surface area contributed by atoms with Crippen molar-refractivity contribution in [3.8, 4) is 0 Å². The van der Waals surface area contributed by atoms with Crippen molar-refractivity contribution >= 4 is 43.6 Å². The minimum atomic E-state index is -0.595. The molecule has 0 unspecified atom stereocenters. The zero-order chi connectivity index (χ0) is 15.2. The average molecular weight is 414 g/mol. The van der Waals surface area contributed by atoms with Gasteiger partial charge in [-0.3, -0.25) is 4.79 Å². The Hall–Kier alpha value is -1.31. The van der Waals surface area contributed by atoms with Crippen LogP contribution in [0, 0.1) is 0 Å². The Morgan fingerprint density at radius 2 is 2.00 bits per heavy atom. The minimum Gasteiger partial charge on any atom is -0.320 e. The first-order valence-electron chi connectivity index (χ1n) is 6.34. The van der Waals surface area contributed by atoms with Gasteiger partial charge in [0, 0.05) is 0 Å². The summed E-state index contributed by atoms with van der Waals surface area (Å²) in [6.07, 6.45) is 2.83. The number of carbonyl (C=O) groups is 1. The van der Waals surface area contributed by atoms with Crippen molar-refractivity contribution < 1.29 is 4.79 Å². The van der Waals surface area contributed by atoms with Crippen molar-refractivity contribution in [1.29, 1.82) is 0 Å². The standard InChI is InChI=1S/C14H14Br2N4O/c15-11-8-18-13(12(16)19-11)20-14(21)10(17)7-6-9-4-2-1-3-5-9/h1-5,8,10H,6-7,17H2,(H,18,20,21)/t10-/m0/s1. The Balaban J connectivity index is 1.90. The molecule has 0 aliphatic rings. The van der Waals surface area contributed by atoms with Crippen LogP contribution in [0.4, 0.5) is 5.82 Å². The van der Waals surface area contributed by atoms with E-state index < -0.39 is 6.04 Å². The molecule has 0 aliphatic heterocycles. The molecule has 0 saturated carbocycles. The van der Waals surface area contributed by atoms with E-state index in [0.29, 0.717) is 21.4 Å². The smallest absolute Gasteiger partial charge is 0.242 e. The summed E-state index contributed by atoms with van der Waals surface area (Å²) in [5, 5.41) is 2.67. The quantitative estimate of drug-likeness (QED) is 0.789. The van der Waals surface area contributed by atoms with Crippen molar-refractivity contribution in [3.05, 3.63) is 51.3 Å². The van der Waals surface area contributed by atoms with E-state index in [2.05, 4.69) is 47.1 Å². The molecule has 110 valence electrons. The molecule has 0 bridgehead atoms. The summed E-state index contributed by atoms with van der Waals surface area (Å²) >= 11 is 6.44. The zero-order valence-electron chi connectivity index (χ0n) is 11.1. The van der Waals surface area contributed by atoms with Gasteiger partial charge in [0.25, 0.3) is 0 Å². The Labute approximate surface area is 139 Å². The van der Waals surface area contributed by atoms with Crippen LogP contribution in [-0.2, 0) is 11.2 Å². The van der Waals surface area contributed by atoms with Crippen molar-refractivity contribution in [2.45, 2.75) is 18.9 Å². The summed E-state index contributed by atoms with van der Waals surface area (Å²) in [4.78, 5) is 20.2. The first-order valence-corrected chi connectivity index (χ1v) is 7.93. The number of hydrogen-bond acceptors (Lipinski definition) is 4. The maximum atomic E-state index is 12.0. The highest BCUT2D eigenvalue weighted by molar-refractivity contribution is 9.11. The molecule has 0 spiro atoms. The number of aryl methyl sites for hydroxylation is 1. The Morgan fingerprint density at radius 1 is 1.29 bits per heavy atom. The van der Waals surface area contributed by atoms with Gasteiger partial charge in [0.05, 0.1) is 12.2 Å². The number of aromatic nitrogens is 2. The number of anilines is 1. The molecule has 7 heteroatoms. The summed E-state index contributed by atoms with van der Waals surface area (Å²) in [6.45, 7) is 0. The first kappa shape index (κ1) is 16.1. The van der Waals surface area contributed by atoms with Crippen LogP contribution in [0.5, 0.6) is 0 Å².